The SMILES string of the molecule is CC1CCC(c2csc(NC(=O)/C=C/c3ccco3)c2C(=O)O)CC1. The second kappa shape index (κ2) is 7.70. The summed E-state index contributed by atoms with van der Waals surface area (Å²) in [7, 11) is 0. The van der Waals surface area contributed by atoms with E-state index in [2.05, 4.69) is 12.2 Å². The number of anilines is 1. The summed E-state index contributed by atoms with van der Waals surface area (Å²) >= 11 is 1.28. The molecule has 0 bridgehead atoms. The van der Waals surface area contributed by atoms with Crippen LogP contribution in [0.2, 0.25) is 0 Å². The van der Waals surface area contributed by atoms with E-state index < -0.39 is 5.97 Å². The second-order valence-electron chi connectivity index (χ2n) is 6.50. The summed E-state index contributed by atoms with van der Waals surface area (Å²) < 4.78 is 5.13. The largest absolute Gasteiger partial charge is 0.478 e. The normalized spacial score (nSPS) is 20.7. The van der Waals surface area contributed by atoms with E-state index >= 15 is 0 Å². The van der Waals surface area contributed by atoms with Crippen molar-refractivity contribution in [1.29, 1.82) is 0 Å². The lowest BCUT2D eigenvalue weighted by Gasteiger charge is -2.26. The van der Waals surface area contributed by atoms with Gasteiger partial charge in [0.25, 0.3) is 0 Å². The van der Waals surface area contributed by atoms with Crippen LogP contribution in [0.25, 0.3) is 6.08 Å². The summed E-state index contributed by atoms with van der Waals surface area (Å²) in [6.45, 7) is 2.24. The molecule has 2 aromatic rings. The number of amides is 1. The van der Waals surface area contributed by atoms with Crippen molar-refractivity contribution in [3.05, 3.63) is 46.7 Å². The molecule has 1 saturated carbocycles. The number of nitrogens with one attached hydrogen (secondary N) is 1. The zero-order valence-electron chi connectivity index (χ0n) is 14.0. The smallest absolute Gasteiger partial charge is 0.339 e. The number of hydrogen-bond donors (Lipinski definition) is 2. The molecular weight excluding hydrogens is 338 g/mol. The molecule has 0 spiro atoms. The minimum atomic E-state index is -0.986. The molecule has 0 saturated heterocycles. The molecule has 2 heterocycles. The Balaban J connectivity index is 1.75. The van der Waals surface area contributed by atoms with E-state index in [0.717, 1.165) is 31.2 Å². The molecule has 0 aliphatic heterocycles. The highest BCUT2D eigenvalue weighted by molar-refractivity contribution is 7.15. The van der Waals surface area contributed by atoms with Gasteiger partial charge in [0.05, 0.1) is 11.8 Å². The molecule has 0 unspecified atom stereocenters. The predicted molar refractivity (Wildman–Crippen MR) is 98.0 cm³/mol. The summed E-state index contributed by atoms with van der Waals surface area (Å²) in [5.41, 5.74) is 1.10. The second-order valence-corrected chi connectivity index (χ2v) is 7.37. The summed E-state index contributed by atoms with van der Waals surface area (Å²) in [5.74, 6) is 0.179. The molecule has 25 heavy (non-hydrogen) atoms. The Morgan fingerprint density at radius 3 is 2.72 bits per heavy atom. The number of furan rings is 1. The molecule has 0 aromatic carbocycles. The van der Waals surface area contributed by atoms with Crippen LogP contribution in [0.3, 0.4) is 0 Å². The van der Waals surface area contributed by atoms with Crippen molar-refractivity contribution < 1.29 is 19.1 Å². The molecular formula is C19H21NO4S. The zero-order chi connectivity index (χ0) is 17.8. The standard InChI is InChI=1S/C19H21NO4S/c1-12-4-6-13(7-5-12)15-11-25-18(17(15)19(22)23)20-16(21)9-8-14-3-2-10-24-14/h2-3,8-13H,4-7H2,1H3,(H,20,21)(H,22,23)/b9-8+. The van der Waals surface area contributed by atoms with Gasteiger partial charge in [-0.25, -0.2) is 4.79 Å². The van der Waals surface area contributed by atoms with E-state index in [0.29, 0.717) is 16.7 Å². The fraction of sp³-hybridized carbons (Fsp3) is 0.368. The number of carbonyl (C=O) groups is 2. The van der Waals surface area contributed by atoms with Crippen LogP contribution in [0, 0.1) is 5.92 Å². The first-order valence-corrected chi connectivity index (χ1v) is 9.29. The van der Waals surface area contributed by atoms with Crippen LogP contribution < -0.4 is 5.32 Å². The Hall–Kier alpha value is -2.34. The summed E-state index contributed by atoms with van der Waals surface area (Å²) in [6.07, 6.45) is 8.66. The Morgan fingerprint density at radius 2 is 2.08 bits per heavy atom. The Kier molecular flexibility index (Phi) is 5.38. The number of thiophene rings is 1. The van der Waals surface area contributed by atoms with Crippen LogP contribution in [0.15, 0.2) is 34.3 Å². The van der Waals surface area contributed by atoms with Gasteiger partial charge in [-0.3, -0.25) is 4.79 Å². The number of rotatable bonds is 5. The fourth-order valence-electron chi connectivity index (χ4n) is 3.25. The van der Waals surface area contributed by atoms with Crippen molar-refractivity contribution in [3.63, 3.8) is 0 Å². The molecule has 1 fully saturated rings. The van der Waals surface area contributed by atoms with E-state index in [1.54, 1.807) is 18.2 Å². The highest BCUT2D eigenvalue weighted by Gasteiger charge is 2.27. The minimum Gasteiger partial charge on any atom is -0.478 e. The van der Waals surface area contributed by atoms with Gasteiger partial charge in [0.2, 0.25) is 5.91 Å². The Labute approximate surface area is 150 Å². The van der Waals surface area contributed by atoms with Gasteiger partial charge in [-0.05, 0) is 53.8 Å². The third-order valence-corrected chi connectivity index (χ3v) is 5.58. The maximum Gasteiger partial charge on any atom is 0.339 e. The number of aromatic carboxylic acids is 1. The van der Waals surface area contributed by atoms with Gasteiger partial charge in [-0.2, -0.15) is 0 Å². The van der Waals surface area contributed by atoms with Gasteiger partial charge in [0, 0.05) is 6.08 Å². The monoisotopic (exact) mass is 359 g/mol. The molecule has 2 N–H and O–H groups in total. The van der Waals surface area contributed by atoms with Crippen molar-refractivity contribution >= 4 is 34.3 Å². The third-order valence-electron chi connectivity index (χ3n) is 4.67. The van der Waals surface area contributed by atoms with Crippen LogP contribution in [0.4, 0.5) is 5.00 Å². The van der Waals surface area contributed by atoms with Gasteiger partial charge in [-0.15, -0.1) is 11.3 Å². The molecule has 3 rings (SSSR count). The first-order chi connectivity index (χ1) is 12.0. The van der Waals surface area contributed by atoms with Crippen LogP contribution in [-0.4, -0.2) is 17.0 Å². The van der Waals surface area contributed by atoms with Gasteiger partial charge in [-0.1, -0.05) is 19.8 Å². The molecule has 1 amide bonds. The first kappa shape index (κ1) is 17.5. The lowest BCUT2D eigenvalue weighted by atomic mass is 9.79. The first-order valence-electron chi connectivity index (χ1n) is 8.42. The molecule has 0 radical (unpaired) electrons. The molecule has 6 heteroatoms. The summed E-state index contributed by atoms with van der Waals surface area (Å²) in [6, 6.07) is 3.47. The molecule has 0 atom stereocenters. The van der Waals surface area contributed by atoms with Crippen LogP contribution in [0.5, 0.6) is 0 Å². The summed E-state index contributed by atoms with van der Waals surface area (Å²) in [5, 5.41) is 14.6. The van der Waals surface area contributed by atoms with Crippen molar-refractivity contribution in [2.45, 2.75) is 38.5 Å². The van der Waals surface area contributed by atoms with Crippen LogP contribution >= 0.6 is 11.3 Å². The number of carboxylic acid groups (broad SMARTS) is 1. The maximum atomic E-state index is 12.1. The molecule has 5 nitrogen and oxygen atoms in total. The summed E-state index contributed by atoms with van der Waals surface area (Å²) in [4.78, 5) is 23.8. The van der Waals surface area contributed by atoms with Gasteiger partial charge in [0.15, 0.2) is 0 Å². The molecule has 132 valence electrons. The van der Waals surface area contributed by atoms with Crippen molar-refractivity contribution in [3.8, 4) is 0 Å². The van der Waals surface area contributed by atoms with Crippen molar-refractivity contribution in [2.24, 2.45) is 5.92 Å². The average molecular weight is 359 g/mol. The van der Waals surface area contributed by atoms with Crippen molar-refractivity contribution in [1.82, 2.24) is 0 Å². The van der Waals surface area contributed by atoms with Gasteiger partial charge >= 0.3 is 5.97 Å². The molecule has 1 aliphatic rings. The lowest BCUT2D eigenvalue weighted by Crippen LogP contribution is -2.15. The number of hydrogen-bond acceptors (Lipinski definition) is 4. The Morgan fingerprint density at radius 1 is 1.32 bits per heavy atom. The third kappa shape index (κ3) is 4.20. The molecule has 2 aromatic heterocycles. The zero-order valence-corrected chi connectivity index (χ0v) is 14.8. The van der Waals surface area contributed by atoms with Crippen LogP contribution in [0.1, 0.15) is 60.2 Å². The van der Waals surface area contributed by atoms with E-state index in [9.17, 15) is 14.7 Å². The van der Waals surface area contributed by atoms with E-state index in [1.165, 1.54) is 23.7 Å². The van der Waals surface area contributed by atoms with E-state index in [1.807, 2.05) is 5.38 Å². The maximum absolute atomic E-state index is 12.1. The lowest BCUT2D eigenvalue weighted by molar-refractivity contribution is -0.111. The van der Waals surface area contributed by atoms with Crippen molar-refractivity contribution in [2.75, 3.05) is 5.32 Å². The van der Waals surface area contributed by atoms with Gasteiger partial charge < -0.3 is 14.8 Å². The van der Waals surface area contributed by atoms with Gasteiger partial charge in [0.1, 0.15) is 10.8 Å². The number of carbonyl (C=O) groups excluding carboxylic acids is 1. The Bertz CT molecular complexity index is 767. The highest BCUT2D eigenvalue weighted by atomic mass is 32.1. The van der Waals surface area contributed by atoms with Crippen LogP contribution in [-0.2, 0) is 4.79 Å². The minimum absolute atomic E-state index is 0.240. The molecule has 1 aliphatic carbocycles. The van der Waals surface area contributed by atoms with E-state index in [4.69, 9.17) is 4.42 Å². The quantitative estimate of drug-likeness (QED) is 0.738. The highest BCUT2D eigenvalue weighted by Crippen LogP contribution is 2.41. The predicted octanol–water partition coefficient (Wildman–Crippen LogP) is 4.98. The topological polar surface area (TPSA) is 79.5 Å². The number of carboxylic acids is 1. The van der Waals surface area contributed by atoms with E-state index in [-0.39, 0.29) is 17.4 Å². The fourth-order valence-corrected chi connectivity index (χ4v) is 4.29. The average Bonchev–Trinajstić information content (AvgIpc) is 3.23.